The van der Waals surface area contributed by atoms with E-state index >= 15 is 0 Å². The predicted octanol–water partition coefficient (Wildman–Crippen LogP) is 4.44. The molecule has 1 amide bonds. The minimum atomic E-state index is -3.86. The molecule has 3 rings (SSSR count). The van der Waals surface area contributed by atoms with Crippen LogP contribution in [0.25, 0.3) is 0 Å². The van der Waals surface area contributed by atoms with Gasteiger partial charge in [0.25, 0.3) is 0 Å². The second kappa shape index (κ2) is 9.72. The largest absolute Gasteiger partial charge is 0.324 e. The molecule has 0 radical (unpaired) electrons. The highest BCUT2D eigenvalue weighted by atomic mass is 127. The molecule has 3 aromatic rings. The van der Waals surface area contributed by atoms with Gasteiger partial charge in [0, 0.05) is 9.26 Å². The Bertz CT molecular complexity index is 1130. The molecule has 0 bridgehead atoms. The highest BCUT2D eigenvalue weighted by Gasteiger charge is 2.26. The van der Waals surface area contributed by atoms with E-state index in [0.29, 0.717) is 5.69 Å². The molecule has 1 atom stereocenters. The lowest BCUT2D eigenvalue weighted by atomic mass is 10.1. The summed E-state index contributed by atoms with van der Waals surface area (Å²) in [5.74, 6) is -0.404. The van der Waals surface area contributed by atoms with Crippen molar-refractivity contribution in [2.24, 2.45) is 0 Å². The third-order valence-electron chi connectivity index (χ3n) is 4.67. The van der Waals surface area contributed by atoms with Crippen LogP contribution < -0.4 is 10.0 Å². The van der Waals surface area contributed by atoms with Crippen LogP contribution in [0, 0.1) is 17.4 Å². The van der Waals surface area contributed by atoms with Crippen LogP contribution in [-0.2, 0) is 21.2 Å². The monoisotopic (exact) mass is 534 g/mol. The van der Waals surface area contributed by atoms with Gasteiger partial charge in [-0.2, -0.15) is 4.72 Å². The molecule has 0 heterocycles. The van der Waals surface area contributed by atoms with Crippen LogP contribution in [0.2, 0.25) is 0 Å². The Balaban J connectivity index is 1.87. The molecule has 0 saturated carbocycles. The summed E-state index contributed by atoms with van der Waals surface area (Å²) in [6.07, 6.45) is 0.237. The van der Waals surface area contributed by atoms with Gasteiger partial charge in [0.2, 0.25) is 15.9 Å². The molecule has 30 heavy (non-hydrogen) atoms. The van der Waals surface area contributed by atoms with Crippen LogP contribution >= 0.6 is 22.6 Å². The fourth-order valence-electron chi connectivity index (χ4n) is 3.00. The third kappa shape index (κ3) is 5.90. The summed E-state index contributed by atoms with van der Waals surface area (Å²) < 4.78 is 29.5. The number of sulfonamides is 1. The number of amides is 1. The van der Waals surface area contributed by atoms with Gasteiger partial charge in [0.1, 0.15) is 6.04 Å². The Hall–Kier alpha value is -2.23. The van der Waals surface area contributed by atoms with E-state index in [1.165, 1.54) is 0 Å². The Morgan fingerprint density at radius 2 is 1.63 bits per heavy atom. The molecule has 0 aliphatic heterocycles. The molecule has 0 spiro atoms. The first-order valence-corrected chi connectivity index (χ1v) is 12.0. The second-order valence-electron chi connectivity index (χ2n) is 7.13. The lowest BCUT2D eigenvalue weighted by Gasteiger charge is -2.20. The van der Waals surface area contributed by atoms with Gasteiger partial charge < -0.3 is 5.32 Å². The molecular weight excluding hydrogens is 511 g/mol. The normalized spacial score (nSPS) is 12.4. The fraction of sp³-hybridized carbons (Fsp3) is 0.174. The van der Waals surface area contributed by atoms with E-state index in [0.717, 1.165) is 20.3 Å². The van der Waals surface area contributed by atoms with Crippen molar-refractivity contribution >= 4 is 44.2 Å². The summed E-state index contributed by atoms with van der Waals surface area (Å²) >= 11 is 2.21. The van der Waals surface area contributed by atoms with Gasteiger partial charge in [-0.1, -0.05) is 48.0 Å². The van der Waals surface area contributed by atoms with Crippen molar-refractivity contribution in [3.05, 3.63) is 93.1 Å². The van der Waals surface area contributed by atoms with E-state index in [1.807, 2.05) is 62.4 Å². The Morgan fingerprint density at radius 1 is 0.967 bits per heavy atom. The first kappa shape index (κ1) is 22.5. The number of carbonyl (C=O) groups is 1. The summed E-state index contributed by atoms with van der Waals surface area (Å²) in [7, 11) is -3.86. The van der Waals surface area contributed by atoms with Crippen molar-refractivity contribution in [1.29, 1.82) is 0 Å². The van der Waals surface area contributed by atoms with Crippen molar-refractivity contribution in [3.63, 3.8) is 0 Å². The summed E-state index contributed by atoms with van der Waals surface area (Å²) in [5.41, 5.74) is 3.40. The molecule has 156 valence electrons. The molecule has 3 aromatic carbocycles. The van der Waals surface area contributed by atoms with E-state index in [2.05, 4.69) is 32.6 Å². The van der Waals surface area contributed by atoms with Gasteiger partial charge in [-0.25, -0.2) is 8.42 Å². The number of anilines is 1. The SMILES string of the molecule is Cc1ccc(S(=O)(=O)N[C@H](Cc2ccccc2)C(=O)Nc2ccc(I)cc2C)cc1. The van der Waals surface area contributed by atoms with Gasteiger partial charge in [-0.3, -0.25) is 4.79 Å². The van der Waals surface area contributed by atoms with Crippen molar-refractivity contribution in [3.8, 4) is 0 Å². The topological polar surface area (TPSA) is 75.3 Å². The maximum absolute atomic E-state index is 13.1. The van der Waals surface area contributed by atoms with E-state index in [9.17, 15) is 13.2 Å². The molecule has 0 aliphatic rings. The quantitative estimate of drug-likeness (QED) is 0.441. The molecule has 2 N–H and O–H groups in total. The van der Waals surface area contributed by atoms with Gasteiger partial charge in [0.05, 0.1) is 4.90 Å². The van der Waals surface area contributed by atoms with E-state index < -0.39 is 22.0 Å². The summed E-state index contributed by atoms with van der Waals surface area (Å²) in [5, 5.41) is 2.87. The van der Waals surface area contributed by atoms with Gasteiger partial charge in [-0.05, 0) is 84.3 Å². The van der Waals surface area contributed by atoms with Crippen molar-refractivity contribution in [2.75, 3.05) is 5.32 Å². The predicted molar refractivity (Wildman–Crippen MR) is 128 cm³/mol. The van der Waals surface area contributed by atoms with E-state index in [1.54, 1.807) is 24.3 Å². The van der Waals surface area contributed by atoms with Crippen LogP contribution in [0.3, 0.4) is 0 Å². The van der Waals surface area contributed by atoms with E-state index in [-0.39, 0.29) is 11.3 Å². The minimum Gasteiger partial charge on any atom is -0.324 e. The molecular formula is C23H23IN2O3S. The summed E-state index contributed by atoms with van der Waals surface area (Å²) in [4.78, 5) is 13.2. The molecule has 0 aromatic heterocycles. The second-order valence-corrected chi connectivity index (χ2v) is 10.1. The van der Waals surface area contributed by atoms with Gasteiger partial charge >= 0.3 is 0 Å². The number of hydrogen-bond donors (Lipinski definition) is 2. The fourth-order valence-corrected chi connectivity index (χ4v) is 4.84. The van der Waals surface area contributed by atoms with Crippen molar-refractivity contribution < 1.29 is 13.2 Å². The van der Waals surface area contributed by atoms with Gasteiger partial charge in [-0.15, -0.1) is 0 Å². The van der Waals surface area contributed by atoms with Crippen LogP contribution in [0.1, 0.15) is 16.7 Å². The summed E-state index contributed by atoms with van der Waals surface area (Å²) in [6, 6.07) is 20.6. The van der Waals surface area contributed by atoms with E-state index in [4.69, 9.17) is 0 Å². The highest BCUT2D eigenvalue weighted by Crippen LogP contribution is 2.19. The van der Waals surface area contributed by atoms with Crippen LogP contribution in [0.5, 0.6) is 0 Å². The Labute approximate surface area is 191 Å². The molecule has 5 nitrogen and oxygen atoms in total. The lowest BCUT2D eigenvalue weighted by Crippen LogP contribution is -2.45. The molecule has 0 fully saturated rings. The lowest BCUT2D eigenvalue weighted by molar-refractivity contribution is -0.117. The number of benzene rings is 3. The van der Waals surface area contributed by atoms with Crippen LogP contribution in [0.4, 0.5) is 5.69 Å². The summed E-state index contributed by atoms with van der Waals surface area (Å²) in [6.45, 7) is 3.79. The average molecular weight is 534 g/mol. The zero-order chi connectivity index (χ0) is 21.7. The third-order valence-corrected chi connectivity index (χ3v) is 6.83. The van der Waals surface area contributed by atoms with Crippen LogP contribution in [0.15, 0.2) is 77.7 Å². The zero-order valence-corrected chi connectivity index (χ0v) is 19.7. The van der Waals surface area contributed by atoms with Crippen molar-refractivity contribution in [2.45, 2.75) is 31.2 Å². The first-order valence-electron chi connectivity index (χ1n) is 9.44. The van der Waals surface area contributed by atoms with Gasteiger partial charge in [0.15, 0.2) is 0 Å². The highest BCUT2D eigenvalue weighted by molar-refractivity contribution is 14.1. The smallest absolute Gasteiger partial charge is 0.242 e. The number of nitrogens with one attached hydrogen (secondary N) is 2. The molecule has 7 heteroatoms. The van der Waals surface area contributed by atoms with Crippen LogP contribution in [-0.4, -0.2) is 20.4 Å². The zero-order valence-electron chi connectivity index (χ0n) is 16.7. The number of halogens is 1. The minimum absolute atomic E-state index is 0.129. The number of hydrogen-bond acceptors (Lipinski definition) is 3. The number of aryl methyl sites for hydroxylation is 2. The first-order chi connectivity index (χ1) is 14.2. The Morgan fingerprint density at radius 3 is 2.27 bits per heavy atom. The molecule has 0 unspecified atom stereocenters. The molecule has 0 aliphatic carbocycles. The number of rotatable bonds is 7. The Kier molecular flexibility index (Phi) is 7.27. The standard InChI is InChI=1S/C23H23IN2O3S/c1-16-8-11-20(12-9-16)30(28,29)26-22(15-18-6-4-3-5-7-18)23(27)25-21-13-10-19(24)14-17(21)2/h3-14,22,26H,15H2,1-2H3,(H,25,27)/t22-/m1/s1. The maximum atomic E-state index is 13.1. The van der Waals surface area contributed by atoms with Crippen molar-refractivity contribution in [1.82, 2.24) is 4.72 Å². The molecule has 0 saturated heterocycles. The number of carbonyl (C=O) groups excluding carboxylic acids is 1. The average Bonchev–Trinajstić information content (AvgIpc) is 2.70. The maximum Gasteiger partial charge on any atom is 0.242 e.